The molecule has 1 aromatic carbocycles. The molecule has 3 heteroatoms. The molecule has 1 aromatic rings. The third kappa shape index (κ3) is 3.71. The molecule has 0 saturated carbocycles. The Morgan fingerprint density at radius 1 is 1.29 bits per heavy atom. The van der Waals surface area contributed by atoms with Crippen molar-refractivity contribution in [2.45, 2.75) is 24.1 Å². The molecule has 1 aliphatic heterocycles. The fraction of sp³-hybridized carbons (Fsp3) is 0.571. The Morgan fingerprint density at radius 2 is 1.94 bits per heavy atom. The van der Waals surface area contributed by atoms with Crippen molar-refractivity contribution in [3.8, 4) is 5.75 Å². The molecule has 0 spiro atoms. The van der Waals surface area contributed by atoms with Gasteiger partial charge >= 0.3 is 0 Å². The summed E-state index contributed by atoms with van der Waals surface area (Å²) in [5, 5.41) is 0. The van der Waals surface area contributed by atoms with E-state index in [1.54, 1.807) is 7.11 Å². The van der Waals surface area contributed by atoms with E-state index >= 15 is 0 Å². The molecule has 0 N–H and O–H groups in total. The Hall–Kier alpha value is -0.540. The molecule has 1 aliphatic rings. The molecule has 0 aromatic heterocycles. The van der Waals surface area contributed by atoms with E-state index in [1.807, 2.05) is 12.1 Å². The summed E-state index contributed by atoms with van der Waals surface area (Å²) in [6.45, 7) is 1.82. The average molecular weight is 299 g/mol. The highest BCUT2D eigenvalue weighted by molar-refractivity contribution is 9.09. The number of benzene rings is 1. The summed E-state index contributed by atoms with van der Waals surface area (Å²) in [6, 6.07) is 8.34. The summed E-state index contributed by atoms with van der Waals surface area (Å²) in [5.41, 5.74) is 1.36. The number of halogens is 1. The summed E-state index contributed by atoms with van der Waals surface area (Å²) in [6.07, 6.45) is 3.42. The van der Waals surface area contributed by atoms with Crippen LogP contribution in [-0.4, -0.2) is 25.2 Å². The first-order chi connectivity index (χ1) is 8.29. The van der Waals surface area contributed by atoms with Crippen molar-refractivity contribution < 1.29 is 9.47 Å². The van der Waals surface area contributed by atoms with E-state index in [-0.39, 0.29) is 0 Å². The monoisotopic (exact) mass is 298 g/mol. The summed E-state index contributed by atoms with van der Waals surface area (Å²) in [5.74, 6) is 1.66. The van der Waals surface area contributed by atoms with Crippen LogP contribution in [0.1, 0.15) is 18.4 Å². The van der Waals surface area contributed by atoms with E-state index in [4.69, 9.17) is 9.47 Å². The van der Waals surface area contributed by atoms with Gasteiger partial charge in [-0.25, -0.2) is 0 Å². The SMILES string of the molecule is COc1ccc(CC(Br)C2CCOCC2)cc1. The minimum Gasteiger partial charge on any atom is -0.497 e. The number of alkyl halides is 1. The Bertz CT molecular complexity index is 331. The van der Waals surface area contributed by atoms with Gasteiger partial charge in [-0.1, -0.05) is 28.1 Å². The maximum Gasteiger partial charge on any atom is 0.118 e. The van der Waals surface area contributed by atoms with Crippen molar-refractivity contribution in [1.29, 1.82) is 0 Å². The van der Waals surface area contributed by atoms with Gasteiger partial charge in [-0.05, 0) is 42.9 Å². The van der Waals surface area contributed by atoms with Crippen LogP contribution in [0.4, 0.5) is 0 Å². The van der Waals surface area contributed by atoms with Gasteiger partial charge in [0.2, 0.25) is 0 Å². The zero-order chi connectivity index (χ0) is 12.1. The van der Waals surface area contributed by atoms with Gasteiger partial charge in [0.05, 0.1) is 7.11 Å². The van der Waals surface area contributed by atoms with E-state index in [0.717, 1.165) is 31.3 Å². The topological polar surface area (TPSA) is 18.5 Å². The third-order valence-corrected chi connectivity index (χ3v) is 4.44. The molecule has 0 bridgehead atoms. The zero-order valence-corrected chi connectivity index (χ0v) is 11.8. The lowest BCUT2D eigenvalue weighted by molar-refractivity contribution is 0.0662. The van der Waals surface area contributed by atoms with Gasteiger partial charge in [-0.3, -0.25) is 0 Å². The summed E-state index contributed by atoms with van der Waals surface area (Å²) in [7, 11) is 1.70. The molecular weight excluding hydrogens is 280 g/mol. The third-order valence-electron chi connectivity index (χ3n) is 3.37. The van der Waals surface area contributed by atoms with Crippen molar-refractivity contribution >= 4 is 15.9 Å². The van der Waals surface area contributed by atoms with E-state index in [9.17, 15) is 0 Å². The molecule has 2 nitrogen and oxygen atoms in total. The molecule has 0 aliphatic carbocycles. The minimum absolute atomic E-state index is 0.555. The van der Waals surface area contributed by atoms with E-state index in [2.05, 4.69) is 28.1 Å². The molecule has 1 fully saturated rings. The maximum absolute atomic E-state index is 5.39. The first-order valence-electron chi connectivity index (χ1n) is 6.14. The Kier molecular flexibility index (Phi) is 4.86. The first kappa shape index (κ1) is 12.9. The number of ether oxygens (including phenoxy) is 2. The van der Waals surface area contributed by atoms with Crippen LogP contribution in [0.25, 0.3) is 0 Å². The molecule has 2 rings (SSSR count). The van der Waals surface area contributed by atoms with Crippen LogP contribution >= 0.6 is 15.9 Å². The predicted molar refractivity (Wildman–Crippen MR) is 73.0 cm³/mol. The van der Waals surface area contributed by atoms with Gasteiger partial charge in [-0.15, -0.1) is 0 Å². The van der Waals surface area contributed by atoms with Crippen LogP contribution in [0.3, 0.4) is 0 Å². The highest BCUT2D eigenvalue weighted by Crippen LogP contribution is 2.27. The van der Waals surface area contributed by atoms with Crippen molar-refractivity contribution in [2.24, 2.45) is 5.92 Å². The van der Waals surface area contributed by atoms with Gasteiger partial charge in [0.15, 0.2) is 0 Å². The zero-order valence-electron chi connectivity index (χ0n) is 10.2. The Balaban J connectivity index is 1.89. The Morgan fingerprint density at radius 3 is 2.53 bits per heavy atom. The second-order valence-electron chi connectivity index (χ2n) is 4.52. The molecule has 94 valence electrons. The number of hydrogen-bond donors (Lipinski definition) is 0. The van der Waals surface area contributed by atoms with Gasteiger partial charge in [0.1, 0.15) is 5.75 Å². The minimum atomic E-state index is 0.555. The van der Waals surface area contributed by atoms with Crippen LogP contribution in [0.5, 0.6) is 5.75 Å². The van der Waals surface area contributed by atoms with Crippen LogP contribution in [0.2, 0.25) is 0 Å². The Labute approximate surface area is 111 Å². The molecular formula is C14H19BrO2. The second-order valence-corrected chi connectivity index (χ2v) is 5.69. The summed E-state index contributed by atoms with van der Waals surface area (Å²) in [4.78, 5) is 0.555. The second kappa shape index (κ2) is 6.41. The average Bonchev–Trinajstić information content (AvgIpc) is 2.40. The fourth-order valence-corrected chi connectivity index (χ4v) is 3.13. The number of methoxy groups -OCH3 is 1. The molecule has 17 heavy (non-hydrogen) atoms. The lowest BCUT2D eigenvalue weighted by atomic mass is 9.92. The highest BCUT2D eigenvalue weighted by Gasteiger charge is 2.21. The quantitative estimate of drug-likeness (QED) is 0.793. The van der Waals surface area contributed by atoms with Gasteiger partial charge in [-0.2, -0.15) is 0 Å². The van der Waals surface area contributed by atoms with E-state index in [0.29, 0.717) is 4.83 Å². The molecule has 1 unspecified atom stereocenters. The molecule has 0 radical (unpaired) electrons. The first-order valence-corrected chi connectivity index (χ1v) is 7.06. The number of rotatable bonds is 4. The van der Waals surface area contributed by atoms with Crippen molar-refractivity contribution in [2.75, 3.05) is 20.3 Å². The van der Waals surface area contributed by atoms with E-state index < -0.39 is 0 Å². The normalized spacial score (nSPS) is 18.9. The lowest BCUT2D eigenvalue weighted by Crippen LogP contribution is -2.24. The van der Waals surface area contributed by atoms with E-state index in [1.165, 1.54) is 18.4 Å². The summed E-state index contributed by atoms with van der Waals surface area (Å²) >= 11 is 3.82. The van der Waals surface area contributed by atoms with Crippen molar-refractivity contribution in [1.82, 2.24) is 0 Å². The molecule has 1 atom stereocenters. The maximum atomic E-state index is 5.39. The van der Waals surface area contributed by atoms with Crippen molar-refractivity contribution in [3.05, 3.63) is 29.8 Å². The van der Waals surface area contributed by atoms with Crippen LogP contribution < -0.4 is 4.74 Å². The fourth-order valence-electron chi connectivity index (χ4n) is 2.23. The lowest BCUT2D eigenvalue weighted by Gasteiger charge is -2.26. The summed E-state index contributed by atoms with van der Waals surface area (Å²) < 4.78 is 10.6. The number of hydrogen-bond acceptors (Lipinski definition) is 2. The van der Waals surface area contributed by atoms with Crippen LogP contribution in [0, 0.1) is 5.92 Å². The van der Waals surface area contributed by atoms with Crippen LogP contribution in [0.15, 0.2) is 24.3 Å². The predicted octanol–water partition coefficient (Wildman–Crippen LogP) is 3.43. The largest absolute Gasteiger partial charge is 0.497 e. The standard InChI is InChI=1S/C14H19BrO2/c1-16-13-4-2-11(3-5-13)10-14(15)12-6-8-17-9-7-12/h2-5,12,14H,6-10H2,1H3. The van der Waals surface area contributed by atoms with Crippen molar-refractivity contribution in [3.63, 3.8) is 0 Å². The molecule has 1 saturated heterocycles. The van der Waals surface area contributed by atoms with Gasteiger partial charge in [0, 0.05) is 18.0 Å². The van der Waals surface area contributed by atoms with Gasteiger partial charge < -0.3 is 9.47 Å². The van der Waals surface area contributed by atoms with Gasteiger partial charge in [0.25, 0.3) is 0 Å². The molecule has 1 heterocycles. The highest BCUT2D eigenvalue weighted by atomic mass is 79.9. The van der Waals surface area contributed by atoms with Crippen LogP contribution in [-0.2, 0) is 11.2 Å². The molecule has 0 amide bonds. The smallest absolute Gasteiger partial charge is 0.118 e.